The second-order valence-electron chi connectivity index (χ2n) is 17.9. The average Bonchev–Trinajstić information content (AvgIpc) is 3.56. The van der Waals surface area contributed by atoms with Gasteiger partial charge in [-0.05, 0) is 130 Å². The van der Waals surface area contributed by atoms with Crippen LogP contribution in [0.2, 0.25) is 0 Å². The van der Waals surface area contributed by atoms with E-state index in [4.69, 9.17) is 18.9 Å². The molecule has 7 fully saturated rings. The molecule has 0 bridgehead atoms. The summed E-state index contributed by atoms with van der Waals surface area (Å²) < 4.78 is 25.3. The predicted molar refractivity (Wildman–Crippen MR) is 171 cm³/mol. The lowest BCUT2D eigenvalue weighted by atomic mass is 9.46. The number of carbonyl (C=O) groups is 2. The molecule has 0 amide bonds. The lowest BCUT2D eigenvalue weighted by molar-refractivity contribution is -0.247. The molecule has 2 spiro atoms. The van der Waals surface area contributed by atoms with Gasteiger partial charge < -0.3 is 29.2 Å². The van der Waals surface area contributed by atoms with Crippen LogP contribution in [0.5, 0.6) is 0 Å². The second-order valence-corrected chi connectivity index (χ2v) is 17.9. The number of hydrogen-bond acceptors (Lipinski definition) is 8. The summed E-state index contributed by atoms with van der Waals surface area (Å²) in [6.45, 7) is 15.7. The normalized spacial score (nSPS) is 47.7. The Hall–Kier alpha value is -1.26. The molecule has 2 saturated heterocycles. The van der Waals surface area contributed by atoms with E-state index in [0.717, 1.165) is 31.6 Å². The molecule has 7 rings (SSSR count). The van der Waals surface area contributed by atoms with E-state index in [2.05, 4.69) is 20.8 Å². The molecule has 9 heteroatoms. The minimum absolute atomic E-state index is 0.0281. The number of aliphatic carboxylic acids is 1. The molecule has 260 valence electrons. The van der Waals surface area contributed by atoms with Crippen LogP contribution in [0.25, 0.3) is 0 Å². The zero-order chi connectivity index (χ0) is 33.0. The third kappa shape index (κ3) is 4.94. The first-order chi connectivity index (χ1) is 21.5. The van der Waals surface area contributed by atoms with Gasteiger partial charge in [-0.25, -0.2) is 0 Å². The van der Waals surface area contributed by atoms with Gasteiger partial charge in [0.2, 0.25) is 0 Å². The Morgan fingerprint density at radius 2 is 1.72 bits per heavy atom. The molecule has 2 heterocycles. The maximum atomic E-state index is 11.9. The summed E-state index contributed by atoms with van der Waals surface area (Å²) >= 11 is 0. The number of morpholine rings is 1. The standard InChI is InChI=1S/C37H59NO8/c1-21(32(40)41)38-16-17-43-30(19-38)46-29-12-13-37-20-36(37)15-14-35(7)24-8-10-26(31(34(5,6)42)44-22(2)39)45-27(24)18-25(35)23(36)9-11-28(37)33(29,3)4/h21,23-31,42H,8-20H2,1-7H3,(H,40,41)/t21?,23?,24?,25?,26?,27?,28?,29-,30?,31-,35?,36?,37+/m0/s1. The van der Waals surface area contributed by atoms with Crippen LogP contribution in [0, 0.1) is 45.3 Å². The number of hydrogen-bond donors (Lipinski definition) is 2. The van der Waals surface area contributed by atoms with Crippen LogP contribution in [0.4, 0.5) is 0 Å². The van der Waals surface area contributed by atoms with Crippen molar-refractivity contribution in [3.63, 3.8) is 0 Å². The Kier molecular flexibility index (Phi) is 8.04. The Morgan fingerprint density at radius 3 is 2.41 bits per heavy atom. The lowest BCUT2D eigenvalue weighted by Gasteiger charge is -2.60. The van der Waals surface area contributed by atoms with Crippen LogP contribution in [0.15, 0.2) is 0 Å². The molecule has 10 unspecified atom stereocenters. The molecule has 0 aromatic carbocycles. The van der Waals surface area contributed by atoms with E-state index >= 15 is 0 Å². The Bertz CT molecular complexity index is 1220. The molecule has 0 radical (unpaired) electrons. The quantitative estimate of drug-likeness (QED) is 0.351. The third-order valence-electron chi connectivity index (χ3n) is 15.2. The Labute approximate surface area is 275 Å². The summed E-state index contributed by atoms with van der Waals surface area (Å²) in [4.78, 5) is 25.5. The van der Waals surface area contributed by atoms with Crippen molar-refractivity contribution in [3.05, 3.63) is 0 Å². The Balaban J connectivity index is 1.05. The molecule has 9 nitrogen and oxygen atoms in total. The number of carboxylic acids is 1. The molecular formula is C37H59NO8. The highest BCUT2D eigenvalue weighted by molar-refractivity contribution is 5.72. The van der Waals surface area contributed by atoms with Gasteiger partial charge in [-0.1, -0.05) is 20.8 Å². The van der Waals surface area contributed by atoms with Gasteiger partial charge in [0.25, 0.3) is 0 Å². The van der Waals surface area contributed by atoms with Crippen molar-refractivity contribution in [2.45, 2.75) is 155 Å². The number of nitrogens with zero attached hydrogens (tertiary/aromatic N) is 1. The maximum absolute atomic E-state index is 11.9. The molecule has 2 N–H and O–H groups in total. The van der Waals surface area contributed by atoms with Crippen molar-refractivity contribution < 1.29 is 38.7 Å². The fourth-order valence-electron chi connectivity index (χ4n) is 13.0. The van der Waals surface area contributed by atoms with Gasteiger partial charge in [-0.3, -0.25) is 14.5 Å². The van der Waals surface area contributed by atoms with Gasteiger partial charge in [-0.2, -0.15) is 0 Å². The predicted octanol–water partition coefficient (Wildman–Crippen LogP) is 5.41. The molecule has 7 aliphatic rings. The van der Waals surface area contributed by atoms with Gasteiger partial charge in [0.05, 0.1) is 37.1 Å². The first kappa shape index (κ1) is 33.2. The number of ether oxygens (including phenoxy) is 4. The number of carboxylic acid groups (broad SMARTS) is 1. The first-order valence-corrected chi connectivity index (χ1v) is 18.3. The van der Waals surface area contributed by atoms with Gasteiger partial charge in [0, 0.05) is 13.5 Å². The smallest absolute Gasteiger partial charge is 0.320 e. The molecular weight excluding hydrogens is 586 g/mol. The topological polar surface area (TPSA) is 115 Å². The SMILES string of the molecule is CC(=O)O[C@@H](C1CCC2C(CC3C4CCC5C(C)(C)[C@@H](OC6CN(C(C)C(=O)O)CCO6)CC[C@@]56CC46CCC23C)O1)C(C)(C)O. The van der Waals surface area contributed by atoms with Gasteiger partial charge in [0.1, 0.15) is 6.04 Å². The minimum Gasteiger partial charge on any atom is -0.480 e. The summed E-state index contributed by atoms with van der Waals surface area (Å²) in [5, 5.41) is 20.4. The number of esters is 1. The number of fused-ring (bicyclic) bond motifs is 4. The maximum Gasteiger partial charge on any atom is 0.320 e. The fourth-order valence-corrected chi connectivity index (χ4v) is 13.0. The van der Waals surface area contributed by atoms with E-state index in [-0.39, 0.29) is 41.4 Å². The van der Waals surface area contributed by atoms with Crippen LogP contribution in [-0.4, -0.2) is 89.1 Å². The largest absolute Gasteiger partial charge is 0.480 e. The number of aliphatic hydroxyl groups is 1. The summed E-state index contributed by atoms with van der Waals surface area (Å²) in [5.41, 5.74) is -0.0225. The first-order valence-electron chi connectivity index (χ1n) is 18.3. The van der Waals surface area contributed by atoms with E-state index in [9.17, 15) is 19.8 Å². The van der Waals surface area contributed by atoms with Gasteiger partial charge >= 0.3 is 11.9 Å². The summed E-state index contributed by atoms with van der Waals surface area (Å²) in [6.07, 6.45) is 10.7. The molecule has 13 atom stereocenters. The second kappa shape index (κ2) is 11.1. The molecule has 5 aliphatic carbocycles. The fraction of sp³-hybridized carbons (Fsp3) is 0.946. The van der Waals surface area contributed by atoms with Crippen molar-refractivity contribution in [1.29, 1.82) is 0 Å². The highest BCUT2D eigenvalue weighted by Crippen LogP contribution is 2.87. The summed E-state index contributed by atoms with van der Waals surface area (Å²) in [7, 11) is 0. The van der Waals surface area contributed by atoms with Crippen molar-refractivity contribution >= 4 is 11.9 Å². The monoisotopic (exact) mass is 645 g/mol. The average molecular weight is 646 g/mol. The van der Waals surface area contributed by atoms with Gasteiger partial charge in [0.15, 0.2) is 12.4 Å². The van der Waals surface area contributed by atoms with Crippen LogP contribution in [-0.2, 0) is 28.5 Å². The lowest BCUT2D eigenvalue weighted by Crippen LogP contribution is -2.57. The summed E-state index contributed by atoms with van der Waals surface area (Å²) in [5.74, 6) is 1.37. The van der Waals surface area contributed by atoms with E-state index in [1.807, 2.05) is 4.90 Å². The van der Waals surface area contributed by atoms with E-state index in [0.29, 0.717) is 48.3 Å². The van der Waals surface area contributed by atoms with Crippen LogP contribution in [0.3, 0.4) is 0 Å². The van der Waals surface area contributed by atoms with E-state index < -0.39 is 23.7 Å². The molecule has 0 aromatic rings. The molecule has 5 saturated carbocycles. The zero-order valence-corrected chi connectivity index (χ0v) is 29.3. The highest BCUT2D eigenvalue weighted by atomic mass is 16.7. The molecule has 46 heavy (non-hydrogen) atoms. The Morgan fingerprint density at radius 1 is 0.978 bits per heavy atom. The van der Waals surface area contributed by atoms with Crippen molar-refractivity contribution in [1.82, 2.24) is 4.90 Å². The van der Waals surface area contributed by atoms with Crippen molar-refractivity contribution in [2.24, 2.45) is 45.3 Å². The number of carbonyl (C=O) groups excluding carboxylic acids is 1. The summed E-state index contributed by atoms with van der Waals surface area (Å²) in [6, 6.07) is -0.538. The molecule has 2 aliphatic heterocycles. The third-order valence-corrected chi connectivity index (χ3v) is 15.2. The van der Waals surface area contributed by atoms with Crippen LogP contribution >= 0.6 is 0 Å². The minimum atomic E-state index is -1.16. The number of rotatable bonds is 7. The van der Waals surface area contributed by atoms with Crippen LogP contribution < -0.4 is 0 Å². The van der Waals surface area contributed by atoms with Crippen molar-refractivity contribution in [3.8, 4) is 0 Å². The molecule has 0 aromatic heterocycles. The van der Waals surface area contributed by atoms with Crippen molar-refractivity contribution in [2.75, 3.05) is 19.7 Å². The van der Waals surface area contributed by atoms with Gasteiger partial charge in [-0.15, -0.1) is 0 Å². The zero-order valence-electron chi connectivity index (χ0n) is 29.3. The highest BCUT2D eigenvalue weighted by Gasteiger charge is 2.80. The van der Waals surface area contributed by atoms with E-state index in [1.165, 1.54) is 45.4 Å². The van der Waals surface area contributed by atoms with E-state index in [1.54, 1.807) is 20.8 Å². The van der Waals surface area contributed by atoms with Crippen LogP contribution in [0.1, 0.15) is 113 Å².